The first-order valence-corrected chi connectivity index (χ1v) is 10.4. The molecule has 0 saturated heterocycles. The topological polar surface area (TPSA) is 92.5 Å². The minimum atomic E-state index is -0.131. The van der Waals surface area contributed by atoms with Crippen molar-refractivity contribution in [2.24, 2.45) is 0 Å². The molecule has 2 aromatic carbocycles. The van der Waals surface area contributed by atoms with E-state index in [1.165, 1.54) is 0 Å². The van der Waals surface area contributed by atoms with Gasteiger partial charge in [0.25, 0.3) is 0 Å². The molecule has 0 aliphatic rings. The zero-order chi connectivity index (χ0) is 20.9. The summed E-state index contributed by atoms with van der Waals surface area (Å²) in [4.78, 5) is 4.47. The molecule has 0 spiro atoms. The molecule has 0 aliphatic heterocycles. The van der Waals surface area contributed by atoms with Gasteiger partial charge in [-0.15, -0.1) is 10.2 Å². The molecule has 0 amide bonds. The Balaban J connectivity index is 0.00000181. The molecule has 4 rings (SSSR count). The van der Waals surface area contributed by atoms with Crippen LogP contribution in [-0.4, -0.2) is 35.3 Å². The Morgan fingerprint density at radius 1 is 1.06 bits per heavy atom. The van der Waals surface area contributed by atoms with Crippen molar-refractivity contribution in [3.63, 3.8) is 0 Å². The largest absolute Gasteiger partial charge is 1.00 e. The summed E-state index contributed by atoms with van der Waals surface area (Å²) in [7, 11) is 0. The number of aryl methyl sites for hydroxylation is 1. The van der Waals surface area contributed by atoms with Crippen LogP contribution in [0.2, 0.25) is 5.15 Å². The van der Waals surface area contributed by atoms with Gasteiger partial charge in [-0.05, 0) is 28.3 Å². The number of tetrazole rings is 1. The second-order valence-corrected chi connectivity index (χ2v) is 7.45. The number of nitrogens with one attached hydrogen (secondary N) is 1. The number of benzene rings is 2. The van der Waals surface area contributed by atoms with E-state index < -0.39 is 0 Å². The van der Waals surface area contributed by atoms with Gasteiger partial charge < -0.3 is 17.1 Å². The molecule has 2 aromatic heterocycles. The molecule has 32 heavy (non-hydrogen) atoms. The summed E-state index contributed by atoms with van der Waals surface area (Å²) >= 11 is 6.26. The number of hydrogen-bond acceptors (Lipinski definition) is 5. The second-order valence-electron chi connectivity index (χ2n) is 7.09. The summed E-state index contributed by atoms with van der Waals surface area (Å²) in [6.45, 7) is 2.63. The summed E-state index contributed by atoms with van der Waals surface area (Å²) in [6, 6.07) is 16.3. The molecule has 4 aromatic rings. The third kappa shape index (κ3) is 5.94. The van der Waals surface area contributed by atoms with Crippen LogP contribution in [0.25, 0.3) is 22.5 Å². The van der Waals surface area contributed by atoms with E-state index in [1.54, 1.807) is 0 Å². The molecular formula is C23H26ClKN6O. The Hall–Kier alpha value is -1.39. The van der Waals surface area contributed by atoms with E-state index in [0.717, 1.165) is 47.3 Å². The van der Waals surface area contributed by atoms with Gasteiger partial charge in [-0.25, -0.2) is 4.98 Å². The number of halogens is 1. The smallest absolute Gasteiger partial charge is 0.390 e. The summed E-state index contributed by atoms with van der Waals surface area (Å²) < 4.78 is 2.03. The number of hydrogen-bond donors (Lipinski definition) is 2. The van der Waals surface area contributed by atoms with Gasteiger partial charge in [-0.3, -0.25) is 0 Å². The zero-order valence-corrected chi connectivity index (χ0v) is 22.6. The van der Waals surface area contributed by atoms with Crippen LogP contribution in [0, 0.1) is 7.43 Å². The van der Waals surface area contributed by atoms with E-state index in [0.29, 0.717) is 23.2 Å². The molecule has 0 fully saturated rings. The average Bonchev–Trinajstić information content (AvgIpc) is 3.41. The Morgan fingerprint density at radius 2 is 1.78 bits per heavy atom. The molecule has 7 nitrogen and oxygen atoms in total. The van der Waals surface area contributed by atoms with Crippen LogP contribution in [0.3, 0.4) is 0 Å². The SMILES string of the molecule is CCCCc1nc(Cl)c(CO)n1Cc1ccc(-c2ccccc2-c2nn[nH]n2)cc1.[CH3-].[K+]. The fraction of sp³-hybridized carbons (Fsp3) is 0.261. The standard InChI is InChI=1S/C22H23ClN6O.CH3.K/c1-2-3-8-20-24-21(23)19(14-30)29(20)13-15-9-11-16(12-10-15)17-6-4-5-7-18(17)22-25-27-28-26-22;;/h4-7,9-12,30H,2-3,8,13-14H2,1H3,(H,25,26,27,28);1H3;/q;-1;+1. The predicted octanol–water partition coefficient (Wildman–Crippen LogP) is 1.72. The first-order chi connectivity index (χ1) is 14.7. The van der Waals surface area contributed by atoms with Crippen LogP contribution < -0.4 is 51.4 Å². The van der Waals surface area contributed by atoms with Gasteiger partial charge in [-0.2, -0.15) is 5.21 Å². The van der Waals surface area contributed by atoms with Gasteiger partial charge in [0.05, 0.1) is 12.3 Å². The molecule has 2 heterocycles. The fourth-order valence-electron chi connectivity index (χ4n) is 3.55. The van der Waals surface area contributed by atoms with Crippen molar-refractivity contribution in [3.8, 4) is 22.5 Å². The number of nitrogens with zero attached hydrogens (tertiary/aromatic N) is 5. The van der Waals surface area contributed by atoms with Crippen LogP contribution in [-0.2, 0) is 19.6 Å². The molecule has 0 saturated carbocycles. The van der Waals surface area contributed by atoms with E-state index >= 15 is 0 Å². The summed E-state index contributed by atoms with van der Waals surface area (Å²) in [5.74, 6) is 1.48. The quantitative estimate of drug-likeness (QED) is 0.298. The Morgan fingerprint density at radius 3 is 2.41 bits per heavy atom. The van der Waals surface area contributed by atoms with Crippen molar-refractivity contribution in [2.75, 3.05) is 0 Å². The zero-order valence-electron chi connectivity index (χ0n) is 18.7. The van der Waals surface area contributed by atoms with E-state index in [1.807, 2.05) is 28.8 Å². The van der Waals surface area contributed by atoms with Crippen LogP contribution in [0.15, 0.2) is 48.5 Å². The molecule has 0 atom stereocenters. The van der Waals surface area contributed by atoms with Crippen molar-refractivity contribution in [1.29, 1.82) is 0 Å². The molecule has 9 heteroatoms. The number of aromatic amines is 1. The maximum atomic E-state index is 9.77. The third-order valence-corrected chi connectivity index (χ3v) is 5.43. The van der Waals surface area contributed by atoms with E-state index in [2.05, 4.69) is 56.8 Å². The monoisotopic (exact) mass is 476 g/mol. The Labute approximate surface area is 236 Å². The summed E-state index contributed by atoms with van der Waals surface area (Å²) in [5, 5.41) is 24.5. The normalized spacial score (nSPS) is 10.5. The van der Waals surface area contributed by atoms with Crippen molar-refractivity contribution in [3.05, 3.63) is 78.2 Å². The van der Waals surface area contributed by atoms with Crippen LogP contribution in [0.4, 0.5) is 0 Å². The number of aliphatic hydroxyl groups excluding tert-OH is 1. The van der Waals surface area contributed by atoms with E-state index in [9.17, 15) is 5.11 Å². The molecule has 162 valence electrons. The van der Waals surface area contributed by atoms with Gasteiger partial charge in [-0.1, -0.05) is 73.5 Å². The van der Waals surface area contributed by atoms with Crippen LogP contribution >= 0.6 is 11.6 Å². The van der Waals surface area contributed by atoms with Gasteiger partial charge in [0, 0.05) is 18.5 Å². The average molecular weight is 477 g/mol. The Bertz CT molecular complexity index is 1110. The number of aliphatic hydroxyl groups is 1. The molecular weight excluding hydrogens is 451 g/mol. The Kier molecular flexibility index (Phi) is 10.7. The molecule has 2 N–H and O–H groups in total. The minimum absolute atomic E-state index is 0. The molecule has 0 bridgehead atoms. The third-order valence-electron chi connectivity index (χ3n) is 5.13. The first kappa shape index (κ1) is 26.9. The summed E-state index contributed by atoms with van der Waals surface area (Å²) in [6.07, 6.45) is 2.95. The predicted molar refractivity (Wildman–Crippen MR) is 122 cm³/mol. The number of rotatable bonds is 8. The van der Waals surface area contributed by atoms with Gasteiger partial charge in [0.15, 0.2) is 5.15 Å². The van der Waals surface area contributed by atoms with Crippen molar-refractivity contribution < 1.29 is 56.5 Å². The van der Waals surface area contributed by atoms with Gasteiger partial charge in [0.1, 0.15) is 5.82 Å². The van der Waals surface area contributed by atoms with E-state index in [4.69, 9.17) is 11.6 Å². The maximum absolute atomic E-state index is 9.77. The fourth-order valence-corrected chi connectivity index (χ4v) is 3.81. The van der Waals surface area contributed by atoms with Gasteiger partial charge >= 0.3 is 51.4 Å². The molecule has 0 aliphatic carbocycles. The summed E-state index contributed by atoms with van der Waals surface area (Å²) in [5.41, 5.74) is 4.80. The number of aromatic nitrogens is 6. The van der Waals surface area contributed by atoms with Crippen LogP contribution in [0.5, 0.6) is 0 Å². The van der Waals surface area contributed by atoms with E-state index in [-0.39, 0.29) is 65.4 Å². The number of unbranched alkanes of at least 4 members (excludes halogenated alkanes) is 1. The van der Waals surface area contributed by atoms with Crippen LogP contribution in [0.1, 0.15) is 36.8 Å². The van der Waals surface area contributed by atoms with Gasteiger partial charge in [0.2, 0.25) is 5.82 Å². The molecule has 0 radical (unpaired) electrons. The number of H-pyrrole nitrogens is 1. The second kappa shape index (κ2) is 12.7. The molecule has 0 unspecified atom stereocenters. The van der Waals surface area contributed by atoms with Crippen molar-refractivity contribution in [1.82, 2.24) is 30.2 Å². The number of imidazole rings is 1. The minimum Gasteiger partial charge on any atom is -0.390 e. The maximum Gasteiger partial charge on any atom is 1.00 e. The van der Waals surface area contributed by atoms with Crippen molar-refractivity contribution in [2.45, 2.75) is 39.3 Å². The first-order valence-electron chi connectivity index (χ1n) is 9.98. The van der Waals surface area contributed by atoms with Crippen molar-refractivity contribution >= 4 is 11.6 Å².